The predicted molar refractivity (Wildman–Crippen MR) is 84.4 cm³/mol. The summed E-state index contributed by atoms with van der Waals surface area (Å²) < 4.78 is 9.96. The lowest BCUT2D eigenvalue weighted by Gasteiger charge is -2.27. The van der Waals surface area contributed by atoms with E-state index in [1.807, 2.05) is 13.8 Å². The maximum atomic E-state index is 11.9. The second kappa shape index (κ2) is 8.30. The molecule has 0 aliphatic heterocycles. The molecule has 0 fully saturated rings. The number of nitrogens with one attached hydrogen (secondary N) is 1. The fourth-order valence-electron chi connectivity index (χ4n) is 1.75. The summed E-state index contributed by atoms with van der Waals surface area (Å²) in [5.74, 6) is -1.17. The Morgan fingerprint density at radius 1 is 1.30 bits per heavy atom. The minimum absolute atomic E-state index is 0.0690. The summed E-state index contributed by atoms with van der Waals surface area (Å²) in [6.07, 6.45) is 0. The topological polar surface area (TPSA) is 88.4 Å². The van der Waals surface area contributed by atoms with Gasteiger partial charge in [-0.1, -0.05) is 26.0 Å². The van der Waals surface area contributed by atoms with Gasteiger partial charge in [0, 0.05) is 7.11 Å². The summed E-state index contributed by atoms with van der Waals surface area (Å²) in [7, 11) is 1.59. The Balaban J connectivity index is 2.56. The zero-order valence-corrected chi connectivity index (χ0v) is 13.9. The third kappa shape index (κ3) is 5.38. The van der Waals surface area contributed by atoms with Gasteiger partial charge in [-0.2, -0.15) is 5.26 Å². The highest BCUT2D eigenvalue weighted by atomic mass is 16.5. The van der Waals surface area contributed by atoms with Crippen LogP contribution in [-0.4, -0.2) is 31.1 Å². The SMILES string of the molecule is COCc1ccc(C(=O)OCC(=O)N[C@](C)(C#N)C(C)C)cc1. The smallest absolute Gasteiger partial charge is 0.338 e. The average Bonchev–Trinajstić information content (AvgIpc) is 2.53. The van der Waals surface area contributed by atoms with Crippen LogP contribution in [0.1, 0.15) is 36.7 Å². The van der Waals surface area contributed by atoms with Crippen LogP contribution in [0.5, 0.6) is 0 Å². The molecule has 0 radical (unpaired) electrons. The number of amides is 1. The maximum absolute atomic E-state index is 11.9. The summed E-state index contributed by atoms with van der Waals surface area (Å²) in [6.45, 7) is 5.32. The number of carbonyl (C=O) groups is 2. The zero-order valence-electron chi connectivity index (χ0n) is 13.9. The van der Waals surface area contributed by atoms with E-state index < -0.39 is 24.0 Å². The number of esters is 1. The summed E-state index contributed by atoms with van der Waals surface area (Å²) in [6, 6.07) is 8.80. The highest BCUT2D eigenvalue weighted by molar-refractivity contribution is 5.91. The van der Waals surface area contributed by atoms with Crippen LogP contribution in [-0.2, 0) is 20.9 Å². The lowest BCUT2D eigenvalue weighted by atomic mass is 9.90. The zero-order chi connectivity index (χ0) is 17.5. The Morgan fingerprint density at radius 3 is 2.39 bits per heavy atom. The second-order valence-corrected chi connectivity index (χ2v) is 5.72. The molecule has 0 aliphatic rings. The molecule has 6 heteroatoms. The first-order chi connectivity index (χ1) is 10.8. The normalized spacial score (nSPS) is 13.0. The standard InChI is InChI=1S/C17H22N2O4/c1-12(2)17(3,11-18)19-15(20)10-23-16(21)14-7-5-13(6-8-14)9-22-4/h5-8,12H,9-10H2,1-4H3,(H,19,20)/t17-/m1/s1. The van der Waals surface area contributed by atoms with Crippen LogP contribution in [0.25, 0.3) is 0 Å². The quantitative estimate of drug-likeness (QED) is 0.777. The van der Waals surface area contributed by atoms with Gasteiger partial charge in [0.25, 0.3) is 5.91 Å². The molecule has 0 unspecified atom stereocenters. The Kier molecular flexibility index (Phi) is 6.73. The van der Waals surface area contributed by atoms with E-state index in [0.717, 1.165) is 5.56 Å². The van der Waals surface area contributed by atoms with Gasteiger partial charge in [0.2, 0.25) is 0 Å². The first-order valence-corrected chi connectivity index (χ1v) is 7.29. The first kappa shape index (κ1) is 18.7. The molecule has 0 bridgehead atoms. The molecule has 23 heavy (non-hydrogen) atoms. The van der Waals surface area contributed by atoms with E-state index in [9.17, 15) is 9.59 Å². The van der Waals surface area contributed by atoms with Crippen molar-refractivity contribution in [1.82, 2.24) is 5.32 Å². The van der Waals surface area contributed by atoms with Crippen molar-refractivity contribution in [3.05, 3.63) is 35.4 Å². The number of methoxy groups -OCH3 is 1. The Labute approximate surface area is 136 Å². The number of rotatable bonds is 7. The minimum atomic E-state index is -0.995. The summed E-state index contributed by atoms with van der Waals surface area (Å²) in [4.78, 5) is 23.7. The molecule has 1 amide bonds. The second-order valence-electron chi connectivity index (χ2n) is 5.72. The Hall–Kier alpha value is -2.39. The van der Waals surface area contributed by atoms with E-state index in [-0.39, 0.29) is 5.92 Å². The van der Waals surface area contributed by atoms with Gasteiger partial charge in [0.15, 0.2) is 6.61 Å². The largest absolute Gasteiger partial charge is 0.452 e. The van der Waals surface area contributed by atoms with Crippen LogP contribution in [0.4, 0.5) is 0 Å². The van der Waals surface area contributed by atoms with Crippen LogP contribution in [0, 0.1) is 17.2 Å². The van der Waals surface area contributed by atoms with Gasteiger partial charge in [-0.15, -0.1) is 0 Å². The summed E-state index contributed by atoms with van der Waals surface area (Å²) >= 11 is 0. The number of hydrogen-bond acceptors (Lipinski definition) is 5. The summed E-state index contributed by atoms with van der Waals surface area (Å²) in [5, 5.41) is 11.7. The number of ether oxygens (including phenoxy) is 2. The monoisotopic (exact) mass is 318 g/mol. The van der Waals surface area contributed by atoms with E-state index in [1.165, 1.54) is 0 Å². The van der Waals surface area contributed by atoms with E-state index in [1.54, 1.807) is 38.3 Å². The molecule has 1 aromatic rings. The van der Waals surface area contributed by atoms with Crippen molar-refractivity contribution in [2.24, 2.45) is 5.92 Å². The Bertz CT molecular complexity index is 590. The lowest BCUT2D eigenvalue weighted by Crippen LogP contribution is -2.50. The molecule has 0 aliphatic carbocycles. The van der Waals surface area contributed by atoms with Crippen molar-refractivity contribution in [3.63, 3.8) is 0 Å². The molecular formula is C17H22N2O4. The van der Waals surface area contributed by atoms with Crippen LogP contribution in [0.15, 0.2) is 24.3 Å². The molecule has 0 saturated heterocycles. The number of nitrogens with zero attached hydrogens (tertiary/aromatic N) is 1. The molecule has 0 aromatic heterocycles. The van der Waals surface area contributed by atoms with Gasteiger partial charge in [-0.05, 0) is 30.5 Å². The number of carbonyl (C=O) groups excluding carboxylic acids is 2. The van der Waals surface area contributed by atoms with Gasteiger partial charge in [-0.3, -0.25) is 4.79 Å². The van der Waals surface area contributed by atoms with Crippen LogP contribution in [0.2, 0.25) is 0 Å². The lowest BCUT2D eigenvalue weighted by molar-refractivity contribution is -0.125. The number of hydrogen-bond donors (Lipinski definition) is 1. The molecule has 1 aromatic carbocycles. The highest BCUT2D eigenvalue weighted by Crippen LogP contribution is 2.15. The number of nitriles is 1. The van der Waals surface area contributed by atoms with Crippen LogP contribution in [0.3, 0.4) is 0 Å². The molecule has 6 nitrogen and oxygen atoms in total. The van der Waals surface area contributed by atoms with Crippen molar-refractivity contribution >= 4 is 11.9 Å². The molecule has 1 rings (SSSR count). The Morgan fingerprint density at radius 2 is 1.91 bits per heavy atom. The van der Waals surface area contributed by atoms with Crippen molar-refractivity contribution in [2.75, 3.05) is 13.7 Å². The molecular weight excluding hydrogens is 296 g/mol. The molecule has 0 spiro atoms. The van der Waals surface area contributed by atoms with Gasteiger partial charge in [-0.25, -0.2) is 4.79 Å². The van der Waals surface area contributed by atoms with Gasteiger partial charge in [0.1, 0.15) is 5.54 Å². The van der Waals surface area contributed by atoms with Crippen molar-refractivity contribution in [3.8, 4) is 6.07 Å². The van der Waals surface area contributed by atoms with Gasteiger partial charge < -0.3 is 14.8 Å². The van der Waals surface area contributed by atoms with Crippen LogP contribution >= 0.6 is 0 Å². The van der Waals surface area contributed by atoms with Crippen LogP contribution < -0.4 is 5.32 Å². The van der Waals surface area contributed by atoms with E-state index in [2.05, 4.69) is 11.4 Å². The number of benzene rings is 1. The molecule has 124 valence electrons. The average molecular weight is 318 g/mol. The fraction of sp³-hybridized carbons (Fsp3) is 0.471. The third-order valence-corrected chi connectivity index (χ3v) is 3.62. The van der Waals surface area contributed by atoms with Crippen molar-refractivity contribution < 1.29 is 19.1 Å². The van der Waals surface area contributed by atoms with Crippen molar-refractivity contribution in [1.29, 1.82) is 5.26 Å². The minimum Gasteiger partial charge on any atom is -0.452 e. The van der Waals surface area contributed by atoms with E-state index in [4.69, 9.17) is 14.7 Å². The first-order valence-electron chi connectivity index (χ1n) is 7.29. The molecule has 1 atom stereocenters. The predicted octanol–water partition coefficient (Wildman–Crippen LogP) is 2.04. The molecule has 0 heterocycles. The maximum Gasteiger partial charge on any atom is 0.338 e. The fourth-order valence-corrected chi connectivity index (χ4v) is 1.75. The van der Waals surface area contributed by atoms with E-state index in [0.29, 0.717) is 12.2 Å². The van der Waals surface area contributed by atoms with E-state index >= 15 is 0 Å². The molecule has 0 saturated carbocycles. The third-order valence-electron chi connectivity index (χ3n) is 3.62. The molecule has 1 N–H and O–H groups in total. The van der Waals surface area contributed by atoms with Crippen molar-refractivity contribution in [2.45, 2.75) is 32.9 Å². The highest BCUT2D eigenvalue weighted by Gasteiger charge is 2.30. The van der Waals surface area contributed by atoms with Gasteiger partial charge >= 0.3 is 5.97 Å². The summed E-state index contributed by atoms with van der Waals surface area (Å²) in [5.41, 5.74) is 0.291. The van der Waals surface area contributed by atoms with Gasteiger partial charge in [0.05, 0.1) is 18.2 Å².